The second-order valence-electron chi connectivity index (χ2n) is 3.93. The summed E-state index contributed by atoms with van der Waals surface area (Å²) >= 11 is 0. The monoisotopic (exact) mass is 284 g/mol. The number of hydrogen-bond donors (Lipinski definition) is 1. The molecule has 1 aromatic carbocycles. The van der Waals surface area contributed by atoms with E-state index in [0.29, 0.717) is 12.0 Å². The van der Waals surface area contributed by atoms with Crippen LogP contribution in [0.25, 0.3) is 0 Å². The van der Waals surface area contributed by atoms with Crippen molar-refractivity contribution < 1.29 is 24.5 Å². The molecule has 0 heterocycles. The van der Waals surface area contributed by atoms with Crippen LogP contribution < -0.4 is 0 Å². The Morgan fingerprint density at radius 1 is 1.25 bits per heavy atom. The Bertz CT molecular complexity index is 521. The van der Waals surface area contributed by atoms with E-state index in [9.17, 15) is 30.1 Å². The smallest absolute Gasteiger partial charge is 0.318 e. The van der Waals surface area contributed by atoms with E-state index in [1.807, 2.05) is 0 Å². The number of methoxy groups -OCH3 is 1. The second kappa shape index (κ2) is 6.45. The van der Waals surface area contributed by atoms with Crippen molar-refractivity contribution >= 4 is 17.3 Å². The number of nitrogens with zero attached hydrogens (tertiary/aromatic N) is 2. The molecule has 9 nitrogen and oxygen atoms in total. The molecule has 0 saturated heterocycles. The Balaban J connectivity index is 2.99. The summed E-state index contributed by atoms with van der Waals surface area (Å²) in [6, 6.07) is 2.11. The Kier molecular flexibility index (Phi) is 4.95. The van der Waals surface area contributed by atoms with E-state index in [0.717, 1.165) is 12.1 Å². The van der Waals surface area contributed by atoms with Gasteiger partial charge in [-0.2, -0.15) is 0 Å². The number of aryl methyl sites for hydroxylation is 1. The largest absolute Gasteiger partial charge is 0.497 e. The van der Waals surface area contributed by atoms with Gasteiger partial charge in [0, 0.05) is 18.6 Å². The molecule has 108 valence electrons. The number of ether oxygens (including phenoxy) is 1. The van der Waals surface area contributed by atoms with Crippen molar-refractivity contribution in [2.45, 2.75) is 19.3 Å². The predicted octanol–water partition coefficient (Wildman–Crippen LogP) is 1.70. The number of rotatable bonds is 6. The minimum atomic E-state index is -0.975. The quantitative estimate of drug-likeness (QED) is 0.477. The molecule has 0 radical (unpaired) electrons. The van der Waals surface area contributed by atoms with Crippen LogP contribution in [0.1, 0.15) is 18.4 Å². The van der Waals surface area contributed by atoms with E-state index in [1.165, 1.54) is 7.11 Å². The number of phenols is 1. The van der Waals surface area contributed by atoms with Gasteiger partial charge in [0.05, 0.1) is 17.0 Å². The summed E-state index contributed by atoms with van der Waals surface area (Å²) in [6.45, 7) is 0. The van der Waals surface area contributed by atoms with Crippen LogP contribution in [0.15, 0.2) is 12.1 Å². The number of carbonyl (C=O) groups is 1. The van der Waals surface area contributed by atoms with Gasteiger partial charge in [0.25, 0.3) is 5.75 Å². The number of phenolic OH excluding ortho intramolecular Hbond substituents is 1. The first-order valence-electron chi connectivity index (χ1n) is 5.58. The van der Waals surface area contributed by atoms with Crippen molar-refractivity contribution in [1.29, 1.82) is 0 Å². The summed E-state index contributed by atoms with van der Waals surface area (Å²) in [4.78, 5) is 30.6. The van der Waals surface area contributed by atoms with Crippen molar-refractivity contribution in [2.24, 2.45) is 0 Å². The van der Waals surface area contributed by atoms with Gasteiger partial charge in [-0.1, -0.05) is 0 Å². The van der Waals surface area contributed by atoms with Crippen molar-refractivity contribution in [1.82, 2.24) is 0 Å². The number of carbonyl (C=O) groups excluding carboxylic acids is 1. The van der Waals surface area contributed by atoms with Crippen LogP contribution >= 0.6 is 0 Å². The fourth-order valence-corrected chi connectivity index (χ4v) is 1.62. The molecule has 1 rings (SSSR count). The van der Waals surface area contributed by atoms with Crippen LogP contribution in [0.2, 0.25) is 0 Å². The van der Waals surface area contributed by atoms with Crippen LogP contribution in [0.4, 0.5) is 11.4 Å². The van der Waals surface area contributed by atoms with E-state index in [1.54, 1.807) is 0 Å². The van der Waals surface area contributed by atoms with E-state index in [-0.39, 0.29) is 12.8 Å². The van der Waals surface area contributed by atoms with Gasteiger partial charge < -0.3 is 9.84 Å². The molecular weight excluding hydrogens is 272 g/mol. The average molecular weight is 284 g/mol. The van der Waals surface area contributed by atoms with Crippen LogP contribution in [-0.2, 0) is 16.0 Å². The van der Waals surface area contributed by atoms with Crippen LogP contribution in [0, 0.1) is 20.2 Å². The predicted molar refractivity (Wildman–Crippen MR) is 66.4 cm³/mol. The molecule has 0 saturated carbocycles. The van der Waals surface area contributed by atoms with Gasteiger partial charge in [-0.3, -0.25) is 25.0 Å². The normalized spacial score (nSPS) is 10.1. The first-order chi connectivity index (χ1) is 9.36. The lowest BCUT2D eigenvalue weighted by Gasteiger charge is -2.03. The maximum absolute atomic E-state index is 10.9. The molecule has 1 aromatic rings. The highest BCUT2D eigenvalue weighted by molar-refractivity contribution is 5.69. The summed E-state index contributed by atoms with van der Waals surface area (Å²) in [5, 5.41) is 30.9. The molecule has 20 heavy (non-hydrogen) atoms. The van der Waals surface area contributed by atoms with E-state index in [4.69, 9.17) is 0 Å². The molecule has 0 fully saturated rings. The van der Waals surface area contributed by atoms with Gasteiger partial charge in [-0.25, -0.2) is 0 Å². The molecule has 0 aliphatic carbocycles. The Morgan fingerprint density at radius 2 is 1.75 bits per heavy atom. The second-order valence-corrected chi connectivity index (χ2v) is 3.93. The number of esters is 1. The summed E-state index contributed by atoms with van der Waals surface area (Å²) < 4.78 is 4.44. The van der Waals surface area contributed by atoms with E-state index >= 15 is 0 Å². The first-order valence-corrected chi connectivity index (χ1v) is 5.58. The number of hydrogen-bond acceptors (Lipinski definition) is 7. The van der Waals surface area contributed by atoms with Crippen molar-refractivity contribution in [2.75, 3.05) is 7.11 Å². The SMILES string of the molecule is COC(=O)CCCc1cc([N+](=O)[O-])c(O)c([N+](=O)[O-])c1. The zero-order chi connectivity index (χ0) is 15.3. The number of nitro benzene ring substituents is 2. The van der Waals surface area contributed by atoms with Gasteiger partial charge >= 0.3 is 17.3 Å². The highest BCUT2D eigenvalue weighted by Crippen LogP contribution is 2.36. The maximum atomic E-state index is 10.9. The lowest BCUT2D eigenvalue weighted by Crippen LogP contribution is -2.01. The standard InChI is InChI=1S/C11H12N2O7/c1-20-10(14)4-2-3-7-5-8(12(16)17)11(15)9(6-7)13(18)19/h5-6,15H,2-4H2,1H3. The van der Waals surface area contributed by atoms with Crippen LogP contribution in [0.5, 0.6) is 5.75 Å². The van der Waals surface area contributed by atoms with Crippen molar-refractivity contribution in [3.63, 3.8) is 0 Å². The van der Waals surface area contributed by atoms with Gasteiger partial charge in [0.15, 0.2) is 0 Å². The van der Waals surface area contributed by atoms with Gasteiger partial charge in [-0.15, -0.1) is 0 Å². The lowest BCUT2D eigenvalue weighted by atomic mass is 10.1. The molecule has 9 heteroatoms. The van der Waals surface area contributed by atoms with Gasteiger partial charge in [0.1, 0.15) is 0 Å². The average Bonchev–Trinajstić information content (AvgIpc) is 2.39. The van der Waals surface area contributed by atoms with Gasteiger partial charge in [0.2, 0.25) is 0 Å². The molecular formula is C11H12N2O7. The first kappa shape index (κ1) is 15.3. The summed E-state index contributed by atoms with van der Waals surface area (Å²) in [5.74, 6) is -1.41. The van der Waals surface area contributed by atoms with Crippen molar-refractivity contribution in [3.05, 3.63) is 37.9 Å². The summed E-state index contributed by atoms with van der Waals surface area (Å²) in [5.41, 5.74) is -1.16. The Labute approximate surface area is 113 Å². The van der Waals surface area contributed by atoms with Crippen molar-refractivity contribution in [3.8, 4) is 5.75 Å². The molecule has 0 amide bonds. The molecule has 0 aliphatic heterocycles. The fraction of sp³-hybridized carbons (Fsp3) is 0.364. The topological polar surface area (TPSA) is 133 Å². The molecule has 0 aromatic heterocycles. The van der Waals surface area contributed by atoms with Gasteiger partial charge in [-0.05, 0) is 18.4 Å². The van der Waals surface area contributed by atoms with Crippen LogP contribution in [0.3, 0.4) is 0 Å². The Hall–Kier alpha value is -2.71. The number of aromatic hydroxyl groups is 1. The highest BCUT2D eigenvalue weighted by atomic mass is 16.6. The molecule has 0 spiro atoms. The minimum Gasteiger partial charge on any atom is -0.497 e. The third kappa shape index (κ3) is 3.64. The lowest BCUT2D eigenvalue weighted by molar-refractivity contribution is -0.396. The zero-order valence-electron chi connectivity index (χ0n) is 10.6. The van der Waals surface area contributed by atoms with E-state index in [2.05, 4.69) is 4.74 Å². The van der Waals surface area contributed by atoms with Crippen LogP contribution in [-0.4, -0.2) is 28.0 Å². The number of benzene rings is 1. The number of nitro groups is 2. The Morgan fingerprint density at radius 3 is 2.15 bits per heavy atom. The molecule has 0 bridgehead atoms. The third-order valence-corrected chi connectivity index (χ3v) is 2.60. The summed E-state index contributed by atoms with van der Waals surface area (Å²) in [7, 11) is 1.23. The highest BCUT2D eigenvalue weighted by Gasteiger charge is 2.26. The molecule has 0 aliphatic rings. The van der Waals surface area contributed by atoms with E-state index < -0.39 is 32.9 Å². The summed E-state index contributed by atoms with van der Waals surface area (Å²) in [6.07, 6.45) is 0.641. The molecule has 0 unspecified atom stereocenters. The molecule has 1 N–H and O–H groups in total. The fourth-order valence-electron chi connectivity index (χ4n) is 1.62. The molecule has 0 atom stereocenters. The third-order valence-electron chi connectivity index (χ3n) is 2.60. The minimum absolute atomic E-state index is 0.0962. The zero-order valence-corrected chi connectivity index (χ0v) is 10.6. The maximum Gasteiger partial charge on any atom is 0.318 e.